The first-order chi connectivity index (χ1) is 7.63. The van der Waals surface area contributed by atoms with Crippen molar-refractivity contribution in [2.75, 3.05) is 13.2 Å². The van der Waals surface area contributed by atoms with Gasteiger partial charge in [0.2, 0.25) is 0 Å². The van der Waals surface area contributed by atoms with Crippen LogP contribution >= 0.6 is 28.1 Å². The van der Waals surface area contributed by atoms with Gasteiger partial charge in [-0.1, -0.05) is 0 Å². The molecule has 0 saturated carbocycles. The van der Waals surface area contributed by atoms with Crippen LogP contribution in [0.4, 0.5) is 0 Å². The number of pyridine rings is 1. The minimum Gasteiger partial charge on any atom is -0.395 e. The van der Waals surface area contributed by atoms with E-state index in [1.165, 1.54) is 6.20 Å². The molecule has 16 heavy (non-hydrogen) atoms. The normalized spacial score (nSPS) is 9.62. The standard InChI is InChI=1S/C9H10BrN3O2S/c10-7-3-6(4-11-5-7)8(15)13-9(16)12-1-2-14/h3-5,14H,1-2H2,(H2,12,13,15,16). The molecular formula is C9H10BrN3O2S. The van der Waals surface area contributed by atoms with Crippen LogP contribution in [0.5, 0.6) is 0 Å². The predicted molar refractivity (Wildman–Crippen MR) is 67.1 cm³/mol. The molecule has 1 aromatic heterocycles. The Morgan fingerprint density at radius 3 is 2.94 bits per heavy atom. The van der Waals surface area contributed by atoms with Crippen molar-refractivity contribution in [3.63, 3.8) is 0 Å². The molecule has 0 saturated heterocycles. The summed E-state index contributed by atoms with van der Waals surface area (Å²) in [6.45, 7) is 0.254. The molecule has 7 heteroatoms. The monoisotopic (exact) mass is 303 g/mol. The third kappa shape index (κ3) is 4.21. The Balaban J connectivity index is 2.55. The topological polar surface area (TPSA) is 74.2 Å². The van der Waals surface area contributed by atoms with Crippen molar-refractivity contribution in [3.05, 3.63) is 28.5 Å². The molecule has 0 aliphatic rings. The summed E-state index contributed by atoms with van der Waals surface area (Å²) in [6.07, 6.45) is 3.02. The molecule has 5 nitrogen and oxygen atoms in total. The van der Waals surface area contributed by atoms with E-state index in [9.17, 15) is 4.79 Å². The van der Waals surface area contributed by atoms with Gasteiger partial charge in [-0.15, -0.1) is 0 Å². The van der Waals surface area contributed by atoms with E-state index in [2.05, 4.69) is 31.5 Å². The van der Waals surface area contributed by atoms with Crippen LogP contribution in [-0.2, 0) is 0 Å². The largest absolute Gasteiger partial charge is 0.395 e. The number of carbonyl (C=O) groups is 1. The fourth-order valence-corrected chi connectivity index (χ4v) is 1.48. The number of aliphatic hydroxyl groups excluding tert-OH is 1. The van der Waals surface area contributed by atoms with Gasteiger partial charge < -0.3 is 10.4 Å². The van der Waals surface area contributed by atoms with E-state index >= 15 is 0 Å². The van der Waals surface area contributed by atoms with Crippen molar-refractivity contribution >= 4 is 39.2 Å². The Morgan fingerprint density at radius 1 is 1.56 bits per heavy atom. The SMILES string of the molecule is O=C(NC(=S)NCCO)c1cncc(Br)c1. The van der Waals surface area contributed by atoms with Crippen LogP contribution in [0.15, 0.2) is 22.9 Å². The smallest absolute Gasteiger partial charge is 0.259 e. The molecule has 1 amide bonds. The Kier molecular flexibility index (Phi) is 5.30. The summed E-state index contributed by atoms with van der Waals surface area (Å²) < 4.78 is 0.717. The lowest BCUT2D eigenvalue weighted by Crippen LogP contribution is -2.40. The van der Waals surface area contributed by atoms with Gasteiger partial charge in [0.1, 0.15) is 0 Å². The van der Waals surface area contributed by atoms with Crippen LogP contribution in [0.1, 0.15) is 10.4 Å². The number of hydrogen-bond acceptors (Lipinski definition) is 4. The number of hydrogen-bond donors (Lipinski definition) is 3. The average molecular weight is 304 g/mol. The molecular weight excluding hydrogens is 294 g/mol. The Morgan fingerprint density at radius 2 is 2.31 bits per heavy atom. The molecule has 0 unspecified atom stereocenters. The lowest BCUT2D eigenvalue weighted by molar-refractivity contribution is 0.0976. The molecule has 1 rings (SSSR count). The van der Waals surface area contributed by atoms with E-state index in [-0.39, 0.29) is 17.6 Å². The number of thiocarbonyl (C=S) groups is 1. The summed E-state index contributed by atoms with van der Waals surface area (Å²) in [5, 5.41) is 13.9. The highest BCUT2D eigenvalue weighted by Gasteiger charge is 2.07. The van der Waals surface area contributed by atoms with Gasteiger partial charge in [0, 0.05) is 23.4 Å². The first kappa shape index (κ1) is 13.0. The van der Waals surface area contributed by atoms with Gasteiger partial charge in [-0.25, -0.2) is 0 Å². The van der Waals surface area contributed by atoms with Crippen LogP contribution in [0.3, 0.4) is 0 Å². The summed E-state index contributed by atoms with van der Waals surface area (Å²) in [4.78, 5) is 15.5. The van der Waals surface area contributed by atoms with Crippen molar-refractivity contribution in [1.82, 2.24) is 15.6 Å². The minimum atomic E-state index is -0.343. The van der Waals surface area contributed by atoms with Crippen molar-refractivity contribution in [1.29, 1.82) is 0 Å². The van der Waals surface area contributed by atoms with E-state index in [0.717, 1.165) is 4.47 Å². The summed E-state index contributed by atoms with van der Waals surface area (Å²) in [5.41, 5.74) is 0.405. The van der Waals surface area contributed by atoms with Crippen molar-refractivity contribution in [2.24, 2.45) is 0 Å². The van der Waals surface area contributed by atoms with Gasteiger partial charge in [-0.2, -0.15) is 0 Å². The fraction of sp³-hybridized carbons (Fsp3) is 0.222. The van der Waals surface area contributed by atoms with E-state index in [0.29, 0.717) is 12.1 Å². The van der Waals surface area contributed by atoms with Crippen molar-refractivity contribution in [2.45, 2.75) is 0 Å². The third-order valence-corrected chi connectivity index (χ3v) is 2.27. The second kappa shape index (κ2) is 6.51. The molecule has 1 heterocycles. The average Bonchev–Trinajstić information content (AvgIpc) is 2.26. The number of rotatable bonds is 3. The van der Waals surface area contributed by atoms with Crippen molar-refractivity contribution < 1.29 is 9.90 Å². The number of aliphatic hydroxyl groups is 1. The molecule has 0 atom stereocenters. The zero-order chi connectivity index (χ0) is 12.0. The first-order valence-corrected chi connectivity index (χ1v) is 5.64. The fourth-order valence-electron chi connectivity index (χ4n) is 0.925. The lowest BCUT2D eigenvalue weighted by Gasteiger charge is -2.07. The number of nitrogens with one attached hydrogen (secondary N) is 2. The Bertz CT molecular complexity index is 400. The van der Waals surface area contributed by atoms with Crippen LogP contribution in [0.2, 0.25) is 0 Å². The summed E-state index contributed by atoms with van der Waals surface area (Å²) in [6, 6.07) is 1.64. The molecule has 0 aliphatic heterocycles. The second-order valence-electron chi connectivity index (χ2n) is 2.83. The molecule has 1 aromatic rings. The number of aromatic nitrogens is 1. The Labute approximate surface area is 106 Å². The summed E-state index contributed by atoms with van der Waals surface area (Å²) in [5.74, 6) is -0.343. The molecule has 0 fully saturated rings. The predicted octanol–water partition coefficient (Wildman–Crippen LogP) is 0.441. The highest BCUT2D eigenvalue weighted by atomic mass is 79.9. The van der Waals surface area contributed by atoms with Gasteiger partial charge >= 0.3 is 0 Å². The summed E-state index contributed by atoms with van der Waals surface area (Å²) >= 11 is 8.06. The van der Waals surface area contributed by atoms with Gasteiger partial charge in [0.25, 0.3) is 5.91 Å². The number of halogens is 1. The highest BCUT2D eigenvalue weighted by molar-refractivity contribution is 9.10. The molecule has 0 aliphatic carbocycles. The molecule has 0 radical (unpaired) electrons. The zero-order valence-corrected chi connectivity index (χ0v) is 10.6. The lowest BCUT2D eigenvalue weighted by atomic mass is 10.3. The quantitative estimate of drug-likeness (QED) is 0.707. The van der Waals surface area contributed by atoms with Gasteiger partial charge in [-0.3, -0.25) is 15.1 Å². The van der Waals surface area contributed by atoms with E-state index in [1.807, 2.05) is 0 Å². The highest BCUT2D eigenvalue weighted by Crippen LogP contribution is 2.09. The first-order valence-electron chi connectivity index (χ1n) is 4.44. The van der Waals surface area contributed by atoms with Crippen molar-refractivity contribution in [3.8, 4) is 0 Å². The number of nitrogens with zero attached hydrogens (tertiary/aromatic N) is 1. The number of amides is 1. The molecule has 0 spiro atoms. The van der Waals surface area contributed by atoms with Crippen LogP contribution in [0.25, 0.3) is 0 Å². The van der Waals surface area contributed by atoms with Gasteiger partial charge in [-0.05, 0) is 34.2 Å². The maximum Gasteiger partial charge on any atom is 0.259 e. The van der Waals surface area contributed by atoms with E-state index in [1.54, 1.807) is 12.3 Å². The molecule has 86 valence electrons. The Hall–Kier alpha value is -1.05. The molecule has 0 bridgehead atoms. The zero-order valence-electron chi connectivity index (χ0n) is 8.24. The minimum absolute atomic E-state index is 0.0472. The van der Waals surface area contributed by atoms with E-state index < -0.39 is 0 Å². The van der Waals surface area contributed by atoms with Gasteiger partial charge in [0.15, 0.2) is 5.11 Å². The summed E-state index contributed by atoms with van der Waals surface area (Å²) in [7, 11) is 0. The molecule has 3 N–H and O–H groups in total. The maximum atomic E-state index is 11.6. The third-order valence-electron chi connectivity index (χ3n) is 1.59. The molecule has 0 aromatic carbocycles. The van der Waals surface area contributed by atoms with Crippen LogP contribution in [0, 0.1) is 0 Å². The number of carbonyl (C=O) groups excluding carboxylic acids is 1. The van der Waals surface area contributed by atoms with Crippen LogP contribution < -0.4 is 10.6 Å². The second-order valence-corrected chi connectivity index (χ2v) is 4.15. The van der Waals surface area contributed by atoms with Gasteiger partial charge in [0.05, 0.1) is 12.2 Å². The van der Waals surface area contributed by atoms with E-state index in [4.69, 9.17) is 17.3 Å². The maximum absolute atomic E-state index is 11.6. The van der Waals surface area contributed by atoms with Crippen LogP contribution in [-0.4, -0.2) is 34.3 Å².